The average molecular weight is 232 g/mol. The Kier molecular flexibility index (Phi) is 2.84. The van der Waals surface area contributed by atoms with E-state index >= 15 is 0 Å². The normalized spacial score (nSPS) is 26.4. The van der Waals surface area contributed by atoms with E-state index in [2.05, 4.69) is 5.32 Å². The summed E-state index contributed by atoms with van der Waals surface area (Å²) in [6, 6.07) is 3.91. The van der Waals surface area contributed by atoms with Crippen molar-refractivity contribution in [3.63, 3.8) is 0 Å². The first-order valence-corrected chi connectivity index (χ1v) is 6.02. The molecule has 78 valence electrons. The molecule has 2 N–H and O–H groups in total. The Morgan fingerprint density at radius 1 is 1.64 bits per heavy atom. The van der Waals surface area contributed by atoms with Gasteiger partial charge in [0.25, 0.3) is 0 Å². The third kappa shape index (κ3) is 1.82. The van der Waals surface area contributed by atoms with Crippen LogP contribution in [0.5, 0.6) is 0 Å². The zero-order valence-electron chi connectivity index (χ0n) is 8.09. The molecule has 4 heteroatoms. The molecule has 2 nitrogen and oxygen atoms in total. The standard InChI is InChI=1S/C10H14ClNOS/c1-10(13,7-3-2-6-12-7)8-4-5-9(11)14-8/h4-5,7,12-13H,2-3,6H2,1H3. The molecule has 1 aromatic rings. The van der Waals surface area contributed by atoms with Crippen LogP contribution in [0, 0.1) is 0 Å². The summed E-state index contributed by atoms with van der Waals surface area (Å²) in [6.07, 6.45) is 2.17. The molecule has 1 saturated heterocycles. The van der Waals surface area contributed by atoms with Gasteiger partial charge >= 0.3 is 0 Å². The van der Waals surface area contributed by atoms with Crippen LogP contribution in [0.1, 0.15) is 24.6 Å². The molecule has 1 aromatic heterocycles. The molecule has 2 heterocycles. The molecular formula is C10H14ClNOS. The summed E-state index contributed by atoms with van der Waals surface area (Å²) < 4.78 is 0.735. The molecule has 0 bridgehead atoms. The highest BCUT2D eigenvalue weighted by atomic mass is 35.5. The van der Waals surface area contributed by atoms with Gasteiger partial charge in [0, 0.05) is 10.9 Å². The smallest absolute Gasteiger partial charge is 0.111 e. The molecule has 1 fully saturated rings. The second-order valence-electron chi connectivity index (χ2n) is 3.90. The summed E-state index contributed by atoms with van der Waals surface area (Å²) >= 11 is 7.32. The van der Waals surface area contributed by atoms with Gasteiger partial charge in [-0.15, -0.1) is 11.3 Å². The first kappa shape index (κ1) is 10.4. The minimum Gasteiger partial charge on any atom is -0.383 e. The molecule has 2 unspecified atom stereocenters. The van der Waals surface area contributed by atoms with Gasteiger partial charge in [0.05, 0.1) is 4.34 Å². The van der Waals surface area contributed by atoms with Crippen molar-refractivity contribution < 1.29 is 5.11 Å². The fourth-order valence-electron chi connectivity index (χ4n) is 1.92. The molecule has 0 aromatic carbocycles. The quantitative estimate of drug-likeness (QED) is 0.819. The fourth-order valence-corrected chi connectivity index (χ4v) is 3.07. The van der Waals surface area contributed by atoms with E-state index in [1.54, 1.807) is 0 Å². The van der Waals surface area contributed by atoms with Crippen molar-refractivity contribution in [2.45, 2.75) is 31.4 Å². The van der Waals surface area contributed by atoms with Crippen molar-refractivity contribution in [2.24, 2.45) is 0 Å². The highest BCUT2D eigenvalue weighted by molar-refractivity contribution is 7.16. The molecule has 1 aliphatic rings. The summed E-state index contributed by atoms with van der Waals surface area (Å²) in [6.45, 7) is 2.86. The Morgan fingerprint density at radius 2 is 2.43 bits per heavy atom. The predicted molar refractivity (Wildman–Crippen MR) is 59.9 cm³/mol. The third-order valence-corrected chi connectivity index (χ3v) is 4.27. The van der Waals surface area contributed by atoms with Crippen LogP contribution in [0.2, 0.25) is 4.34 Å². The van der Waals surface area contributed by atoms with Crippen LogP contribution in [0.15, 0.2) is 12.1 Å². The number of aliphatic hydroxyl groups is 1. The van der Waals surface area contributed by atoms with Crippen LogP contribution in [-0.4, -0.2) is 17.7 Å². The number of nitrogens with one attached hydrogen (secondary N) is 1. The lowest BCUT2D eigenvalue weighted by atomic mass is 9.93. The number of hydrogen-bond acceptors (Lipinski definition) is 3. The van der Waals surface area contributed by atoms with Crippen molar-refractivity contribution in [1.29, 1.82) is 0 Å². The van der Waals surface area contributed by atoms with E-state index in [-0.39, 0.29) is 6.04 Å². The highest BCUT2D eigenvalue weighted by Gasteiger charge is 2.36. The number of rotatable bonds is 2. The Hall–Kier alpha value is -0.0900. The second-order valence-corrected chi connectivity index (χ2v) is 5.62. The zero-order valence-corrected chi connectivity index (χ0v) is 9.66. The number of halogens is 1. The molecule has 14 heavy (non-hydrogen) atoms. The fraction of sp³-hybridized carbons (Fsp3) is 0.600. The topological polar surface area (TPSA) is 32.3 Å². The predicted octanol–water partition coefficient (Wildman–Crippen LogP) is 2.36. The highest BCUT2D eigenvalue weighted by Crippen LogP contribution is 2.35. The van der Waals surface area contributed by atoms with E-state index in [1.807, 2.05) is 19.1 Å². The minimum absolute atomic E-state index is 0.164. The van der Waals surface area contributed by atoms with Crippen molar-refractivity contribution in [1.82, 2.24) is 5.32 Å². The van der Waals surface area contributed by atoms with Crippen LogP contribution in [0.3, 0.4) is 0 Å². The average Bonchev–Trinajstić information content (AvgIpc) is 2.72. The van der Waals surface area contributed by atoms with Gasteiger partial charge < -0.3 is 10.4 Å². The largest absolute Gasteiger partial charge is 0.383 e. The molecular weight excluding hydrogens is 218 g/mol. The lowest BCUT2D eigenvalue weighted by molar-refractivity contribution is 0.0254. The van der Waals surface area contributed by atoms with Crippen LogP contribution in [-0.2, 0) is 5.60 Å². The Morgan fingerprint density at radius 3 is 2.93 bits per heavy atom. The number of hydrogen-bond donors (Lipinski definition) is 2. The van der Waals surface area contributed by atoms with Gasteiger partial charge in [-0.05, 0) is 38.4 Å². The van der Waals surface area contributed by atoms with Crippen molar-refractivity contribution in [3.8, 4) is 0 Å². The van der Waals surface area contributed by atoms with Crippen LogP contribution in [0.25, 0.3) is 0 Å². The molecule has 0 amide bonds. The van der Waals surface area contributed by atoms with E-state index in [4.69, 9.17) is 11.6 Å². The Labute approximate surface area is 92.9 Å². The van der Waals surface area contributed by atoms with Crippen molar-refractivity contribution in [3.05, 3.63) is 21.3 Å². The van der Waals surface area contributed by atoms with Gasteiger partial charge in [-0.3, -0.25) is 0 Å². The summed E-state index contributed by atoms with van der Waals surface area (Å²) in [5, 5.41) is 13.7. The molecule has 2 rings (SSSR count). The van der Waals surface area contributed by atoms with Crippen LogP contribution < -0.4 is 5.32 Å². The van der Waals surface area contributed by atoms with E-state index in [0.717, 1.165) is 28.6 Å². The molecule has 2 atom stereocenters. The van der Waals surface area contributed by atoms with Gasteiger partial charge in [-0.2, -0.15) is 0 Å². The lowest BCUT2D eigenvalue weighted by Gasteiger charge is -2.29. The van der Waals surface area contributed by atoms with Crippen molar-refractivity contribution in [2.75, 3.05) is 6.54 Å². The number of thiophene rings is 1. The third-order valence-electron chi connectivity index (χ3n) is 2.81. The lowest BCUT2D eigenvalue weighted by Crippen LogP contribution is -2.42. The maximum atomic E-state index is 10.4. The van der Waals surface area contributed by atoms with Gasteiger partial charge in [0.1, 0.15) is 5.60 Å². The second kappa shape index (κ2) is 3.81. The summed E-state index contributed by atoms with van der Waals surface area (Å²) in [5.41, 5.74) is -0.783. The maximum absolute atomic E-state index is 10.4. The monoisotopic (exact) mass is 231 g/mol. The van der Waals surface area contributed by atoms with Gasteiger partial charge in [-0.25, -0.2) is 0 Å². The first-order chi connectivity index (χ1) is 6.60. The Balaban J connectivity index is 2.22. The van der Waals surface area contributed by atoms with Gasteiger partial charge in [0.2, 0.25) is 0 Å². The molecule has 0 radical (unpaired) electrons. The molecule has 0 aliphatic carbocycles. The van der Waals surface area contributed by atoms with Gasteiger partial charge in [-0.1, -0.05) is 11.6 Å². The van der Waals surface area contributed by atoms with E-state index in [1.165, 1.54) is 11.3 Å². The van der Waals surface area contributed by atoms with Crippen LogP contribution in [0.4, 0.5) is 0 Å². The van der Waals surface area contributed by atoms with E-state index in [0.29, 0.717) is 0 Å². The SMILES string of the molecule is CC(O)(c1ccc(Cl)s1)C1CCCN1. The molecule has 0 saturated carbocycles. The zero-order chi connectivity index (χ0) is 10.2. The first-order valence-electron chi connectivity index (χ1n) is 4.82. The van der Waals surface area contributed by atoms with Crippen molar-refractivity contribution >= 4 is 22.9 Å². The van der Waals surface area contributed by atoms with Crippen LogP contribution >= 0.6 is 22.9 Å². The minimum atomic E-state index is -0.783. The molecule has 1 aliphatic heterocycles. The van der Waals surface area contributed by atoms with Gasteiger partial charge in [0.15, 0.2) is 0 Å². The molecule has 0 spiro atoms. The summed E-state index contributed by atoms with van der Waals surface area (Å²) in [5.74, 6) is 0. The van der Waals surface area contributed by atoms with E-state index in [9.17, 15) is 5.11 Å². The van der Waals surface area contributed by atoms with E-state index < -0.39 is 5.60 Å². The Bertz CT molecular complexity index is 318. The summed E-state index contributed by atoms with van der Waals surface area (Å²) in [4.78, 5) is 0.946. The maximum Gasteiger partial charge on any atom is 0.111 e. The summed E-state index contributed by atoms with van der Waals surface area (Å²) in [7, 11) is 0.